The van der Waals surface area contributed by atoms with Gasteiger partial charge in [0.05, 0.1) is 23.4 Å². The van der Waals surface area contributed by atoms with E-state index in [0.717, 1.165) is 25.0 Å². The fraction of sp³-hybridized carbons (Fsp3) is 0.500. The molecule has 1 heterocycles. The van der Waals surface area contributed by atoms with Gasteiger partial charge >= 0.3 is 10.4 Å². The van der Waals surface area contributed by atoms with Gasteiger partial charge in [-0.1, -0.05) is 19.9 Å². The van der Waals surface area contributed by atoms with Crippen molar-refractivity contribution in [3.8, 4) is 5.75 Å². The SMILES string of the molecule is CCN[C@H](CC)SC1CC(=O)N(c2cccc(OS(=O)(=O)OC)c2)C1=O. The summed E-state index contributed by atoms with van der Waals surface area (Å²) in [6.07, 6.45) is 0.932. The van der Waals surface area contributed by atoms with Gasteiger partial charge < -0.3 is 9.50 Å². The molecule has 0 aliphatic carbocycles. The molecule has 1 unspecified atom stereocenters. The van der Waals surface area contributed by atoms with Crippen LogP contribution < -0.4 is 14.4 Å². The van der Waals surface area contributed by atoms with Crippen LogP contribution in [0.5, 0.6) is 5.75 Å². The zero-order valence-electron chi connectivity index (χ0n) is 14.8. The van der Waals surface area contributed by atoms with Crippen LogP contribution in [0.2, 0.25) is 0 Å². The molecule has 0 saturated carbocycles. The van der Waals surface area contributed by atoms with Crippen molar-refractivity contribution in [3.05, 3.63) is 24.3 Å². The number of benzene rings is 1. The fourth-order valence-corrected chi connectivity index (χ4v) is 4.24. The van der Waals surface area contributed by atoms with E-state index in [2.05, 4.69) is 9.50 Å². The molecule has 1 aromatic rings. The summed E-state index contributed by atoms with van der Waals surface area (Å²) < 4.78 is 31.8. The summed E-state index contributed by atoms with van der Waals surface area (Å²) >= 11 is 1.43. The standard InChI is InChI=1S/C16H22N2O6S2/c1-4-14(17-5-2)25-13-10-15(19)18(16(13)20)11-7-6-8-12(9-11)24-26(21,22)23-3/h6-9,13-14,17H,4-5,10H2,1-3H3/t13?,14-/m0/s1. The average Bonchev–Trinajstić information content (AvgIpc) is 2.88. The summed E-state index contributed by atoms with van der Waals surface area (Å²) in [5.41, 5.74) is 0.267. The Bertz CT molecular complexity index is 768. The summed E-state index contributed by atoms with van der Waals surface area (Å²) in [6, 6.07) is 5.78. The predicted octanol–water partition coefficient (Wildman–Crippen LogP) is 1.67. The third-order valence-electron chi connectivity index (χ3n) is 3.71. The van der Waals surface area contributed by atoms with Crippen LogP contribution in [-0.2, 0) is 24.2 Å². The minimum Gasteiger partial charge on any atom is -0.362 e. The molecule has 10 heteroatoms. The number of hydrogen-bond donors (Lipinski definition) is 1. The number of amides is 2. The first-order valence-electron chi connectivity index (χ1n) is 8.17. The maximum atomic E-state index is 12.7. The maximum Gasteiger partial charge on any atom is 0.448 e. The Balaban J connectivity index is 2.18. The number of carbonyl (C=O) groups is 2. The van der Waals surface area contributed by atoms with Crippen molar-refractivity contribution in [1.82, 2.24) is 5.32 Å². The number of carbonyl (C=O) groups excluding carboxylic acids is 2. The van der Waals surface area contributed by atoms with Gasteiger partial charge in [-0.05, 0) is 25.1 Å². The minimum atomic E-state index is -4.18. The molecule has 144 valence electrons. The Labute approximate surface area is 157 Å². The molecule has 1 saturated heterocycles. The summed E-state index contributed by atoms with van der Waals surface area (Å²) in [6.45, 7) is 4.77. The molecular weight excluding hydrogens is 380 g/mol. The van der Waals surface area contributed by atoms with Crippen molar-refractivity contribution in [2.75, 3.05) is 18.6 Å². The average molecular weight is 402 g/mol. The van der Waals surface area contributed by atoms with Crippen LogP contribution >= 0.6 is 11.8 Å². The zero-order chi connectivity index (χ0) is 19.3. The maximum absolute atomic E-state index is 12.7. The molecule has 26 heavy (non-hydrogen) atoms. The summed E-state index contributed by atoms with van der Waals surface area (Å²) in [5.74, 6) is -0.686. The van der Waals surface area contributed by atoms with E-state index in [4.69, 9.17) is 4.18 Å². The first-order chi connectivity index (χ1) is 12.3. The van der Waals surface area contributed by atoms with Crippen LogP contribution in [0.15, 0.2) is 24.3 Å². The molecule has 8 nitrogen and oxygen atoms in total. The van der Waals surface area contributed by atoms with Gasteiger partial charge in [0.1, 0.15) is 5.75 Å². The highest BCUT2D eigenvalue weighted by molar-refractivity contribution is 8.01. The van der Waals surface area contributed by atoms with E-state index in [1.165, 1.54) is 30.0 Å². The Morgan fingerprint density at radius 1 is 1.35 bits per heavy atom. The predicted molar refractivity (Wildman–Crippen MR) is 99.2 cm³/mol. The van der Waals surface area contributed by atoms with E-state index in [-0.39, 0.29) is 35.0 Å². The lowest BCUT2D eigenvalue weighted by Crippen LogP contribution is -2.33. The largest absolute Gasteiger partial charge is 0.448 e. The first kappa shape index (κ1) is 20.7. The highest BCUT2D eigenvalue weighted by Gasteiger charge is 2.41. The fourth-order valence-electron chi connectivity index (χ4n) is 2.52. The van der Waals surface area contributed by atoms with Crippen LogP contribution in [0, 0.1) is 0 Å². The van der Waals surface area contributed by atoms with Crippen LogP contribution in [0.1, 0.15) is 26.7 Å². The van der Waals surface area contributed by atoms with Crippen LogP contribution in [-0.4, -0.2) is 44.5 Å². The lowest BCUT2D eigenvalue weighted by atomic mass is 10.3. The topological polar surface area (TPSA) is 102 Å². The van der Waals surface area contributed by atoms with Gasteiger partial charge in [0, 0.05) is 12.5 Å². The monoisotopic (exact) mass is 402 g/mol. The third-order valence-corrected chi connectivity index (χ3v) is 6.04. The second-order valence-electron chi connectivity index (χ2n) is 5.51. The first-order valence-corrected chi connectivity index (χ1v) is 10.4. The van der Waals surface area contributed by atoms with Crippen molar-refractivity contribution >= 4 is 39.7 Å². The summed E-state index contributed by atoms with van der Waals surface area (Å²) in [4.78, 5) is 26.1. The molecule has 0 radical (unpaired) electrons. The second kappa shape index (κ2) is 8.85. The van der Waals surface area contributed by atoms with E-state index >= 15 is 0 Å². The van der Waals surface area contributed by atoms with E-state index in [0.29, 0.717) is 0 Å². The number of nitrogens with zero attached hydrogens (tertiary/aromatic N) is 1. The van der Waals surface area contributed by atoms with Gasteiger partial charge in [-0.3, -0.25) is 9.59 Å². The molecular formula is C16H22N2O6S2. The lowest BCUT2D eigenvalue weighted by Gasteiger charge is -2.19. The number of rotatable bonds is 9. The molecule has 0 spiro atoms. The number of anilines is 1. The van der Waals surface area contributed by atoms with Crippen LogP contribution in [0.25, 0.3) is 0 Å². The van der Waals surface area contributed by atoms with E-state index in [1.54, 1.807) is 6.07 Å². The van der Waals surface area contributed by atoms with Crippen molar-refractivity contribution in [2.24, 2.45) is 0 Å². The van der Waals surface area contributed by atoms with Gasteiger partial charge in [0.15, 0.2) is 0 Å². The third kappa shape index (κ3) is 4.97. The van der Waals surface area contributed by atoms with Gasteiger partial charge in [-0.25, -0.2) is 9.08 Å². The Kier molecular flexibility index (Phi) is 7.04. The Morgan fingerprint density at radius 3 is 2.69 bits per heavy atom. The van der Waals surface area contributed by atoms with Gasteiger partial charge in [0.25, 0.3) is 0 Å². The number of hydrogen-bond acceptors (Lipinski definition) is 8. The zero-order valence-corrected chi connectivity index (χ0v) is 16.4. The summed E-state index contributed by atoms with van der Waals surface area (Å²) in [5, 5.41) is 2.88. The van der Waals surface area contributed by atoms with Gasteiger partial charge in [-0.15, -0.1) is 11.8 Å². The molecule has 1 aliphatic heterocycles. The molecule has 0 aromatic heterocycles. The van der Waals surface area contributed by atoms with E-state index in [9.17, 15) is 18.0 Å². The van der Waals surface area contributed by atoms with E-state index in [1.807, 2.05) is 13.8 Å². The molecule has 2 atom stereocenters. The highest BCUT2D eigenvalue weighted by Crippen LogP contribution is 2.33. The molecule has 1 fully saturated rings. The molecule has 1 aromatic carbocycles. The van der Waals surface area contributed by atoms with Crippen LogP contribution in [0.4, 0.5) is 5.69 Å². The molecule has 0 bridgehead atoms. The van der Waals surface area contributed by atoms with Crippen molar-refractivity contribution in [1.29, 1.82) is 0 Å². The Morgan fingerprint density at radius 2 is 2.08 bits per heavy atom. The van der Waals surface area contributed by atoms with Crippen LogP contribution in [0.3, 0.4) is 0 Å². The van der Waals surface area contributed by atoms with Gasteiger partial charge in [-0.2, -0.15) is 8.42 Å². The van der Waals surface area contributed by atoms with Gasteiger partial charge in [0.2, 0.25) is 11.8 Å². The highest BCUT2D eigenvalue weighted by atomic mass is 32.3. The summed E-state index contributed by atoms with van der Waals surface area (Å²) in [7, 11) is -3.20. The Hall–Kier alpha value is -1.62. The quantitative estimate of drug-likeness (QED) is 0.492. The molecule has 1 aliphatic rings. The minimum absolute atomic E-state index is 0.0415. The van der Waals surface area contributed by atoms with Crippen molar-refractivity contribution < 1.29 is 26.4 Å². The number of thioether (sulfide) groups is 1. The number of imide groups is 1. The lowest BCUT2D eigenvalue weighted by molar-refractivity contribution is -0.121. The van der Waals surface area contributed by atoms with E-state index < -0.39 is 15.6 Å². The normalized spacial score (nSPS) is 19.0. The van der Waals surface area contributed by atoms with Crippen molar-refractivity contribution in [3.63, 3.8) is 0 Å². The smallest absolute Gasteiger partial charge is 0.362 e. The molecule has 2 rings (SSSR count). The molecule has 1 N–H and O–H groups in total. The molecule has 2 amide bonds. The van der Waals surface area contributed by atoms with Crippen molar-refractivity contribution in [2.45, 2.75) is 37.3 Å². The second-order valence-corrected chi connectivity index (χ2v) is 8.23. The number of nitrogens with one attached hydrogen (secondary N) is 1.